The summed E-state index contributed by atoms with van der Waals surface area (Å²) in [5.41, 5.74) is 0.712. The average Bonchev–Trinajstić information content (AvgIpc) is 2.87. The van der Waals surface area contributed by atoms with Crippen LogP contribution in [0.2, 0.25) is 0 Å². The molecule has 21 heavy (non-hydrogen) atoms. The van der Waals surface area contributed by atoms with Crippen molar-refractivity contribution in [2.45, 2.75) is 25.2 Å². The van der Waals surface area contributed by atoms with E-state index in [0.29, 0.717) is 24.8 Å². The van der Waals surface area contributed by atoms with Crippen molar-refractivity contribution in [1.82, 2.24) is 8.75 Å². The first-order chi connectivity index (χ1) is 9.59. The summed E-state index contributed by atoms with van der Waals surface area (Å²) in [6.07, 6.45) is 1.28. The van der Waals surface area contributed by atoms with Gasteiger partial charge in [0, 0.05) is 18.9 Å². The Hall–Kier alpha value is -1.22. The van der Waals surface area contributed by atoms with Crippen molar-refractivity contribution in [1.29, 1.82) is 0 Å². The third-order valence-corrected chi connectivity index (χ3v) is 3.95. The Labute approximate surface area is 145 Å². The Morgan fingerprint density at radius 1 is 1.14 bits per heavy atom. The topological polar surface area (TPSA) is 103 Å². The summed E-state index contributed by atoms with van der Waals surface area (Å²) < 4.78 is 7.94. The van der Waals surface area contributed by atoms with Crippen LogP contribution in [0.15, 0.2) is 12.1 Å². The third-order valence-electron chi connectivity index (χ3n) is 3.42. The molecular formula is C12H10N3NaO4S. The van der Waals surface area contributed by atoms with Crippen LogP contribution in [-0.2, 0) is 9.59 Å². The van der Waals surface area contributed by atoms with E-state index in [2.05, 4.69) is 8.75 Å². The molecule has 0 aliphatic heterocycles. The second-order valence-corrected chi connectivity index (χ2v) is 5.14. The van der Waals surface area contributed by atoms with E-state index in [9.17, 15) is 19.7 Å². The van der Waals surface area contributed by atoms with Gasteiger partial charge in [-0.25, -0.2) is 0 Å². The van der Waals surface area contributed by atoms with Gasteiger partial charge in [0.2, 0.25) is 0 Å². The number of non-ortho nitro benzene ring substituents is 1. The summed E-state index contributed by atoms with van der Waals surface area (Å²) in [5, 5.41) is 10.9. The Kier molecular flexibility index (Phi) is 4.82. The summed E-state index contributed by atoms with van der Waals surface area (Å²) >= 11 is 0.838. The molecule has 1 aliphatic carbocycles. The number of benzene rings is 1. The van der Waals surface area contributed by atoms with Crippen molar-refractivity contribution in [3.05, 3.63) is 27.8 Å². The Bertz CT molecular complexity index is 729. The van der Waals surface area contributed by atoms with Gasteiger partial charge in [0.15, 0.2) is 5.52 Å². The summed E-state index contributed by atoms with van der Waals surface area (Å²) in [5.74, 6) is -1.15. The molecule has 104 valence electrons. The number of hydrogen-bond donors (Lipinski definition) is 0. The van der Waals surface area contributed by atoms with Gasteiger partial charge in [-0.3, -0.25) is 19.7 Å². The van der Waals surface area contributed by atoms with Crippen molar-refractivity contribution in [2.24, 2.45) is 0 Å². The number of rotatable bonds is 2. The first-order valence-corrected chi connectivity index (χ1v) is 6.77. The van der Waals surface area contributed by atoms with E-state index in [4.69, 9.17) is 0 Å². The van der Waals surface area contributed by atoms with E-state index in [1.54, 1.807) is 0 Å². The molecule has 0 bridgehead atoms. The van der Waals surface area contributed by atoms with Crippen molar-refractivity contribution in [3.8, 4) is 0 Å². The molecule has 0 N–H and O–H groups in total. The van der Waals surface area contributed by atoms with Crippen LogP contribution >= 0.6 is 11.7 Å². The third kappa shape index (κ3) is 2.76. The van der Waals surface area contributed by atoms with Gasteiger partial charge < -0.3 is 0 Å². The van der Waals surface area contributed by atoms with Gasteiger partial charge in [0.1, 0.15) is 23.0 Å². The zero-order valence-corrected chi connectivity index (χ0v) is 11.1. The fourth-order valence-electron chi connectivity index (χ4n) is 2.50. The minimum atomic E-state index is -0.851. The summed E-state index contributed by atoms with van der Waals surface area (Å²) in [7, 11) is 0. The maximum atomic E-state index is 12.0. The molecule has 0 saturated heterocycles. The van der Waals surface area contributed by atoms with Gasteiger partial charge in [-0.15, -0.1) is 0 Å². The number of carbonyl (C=O) groups is 2. The van der Waals surface area contributed by atoms with Gasteiger partial charge in [-0.2, -0.15) is 8.75 Å². The van der Waals surface area contributed by atoms with Crippen molar-refractivity contribution in [3.63, 3.8) is 0 Å². The van der Waals surface area contributed by atoms with E-state index in [1.807, 2.05) is 0 Å². The van der Waals surface area contributed by atoms with E-state index in [-0.39, 0.29) is 57.8 Å². The second-order valence-electron chi connectivity index (χ2n) is 4.61. The fourth-order valence-corrected chi connectivity index (χ4v) is 3.08. The molecule has 0 radical (unpaired) electrons. The van der Waals surface area contributed by atoms with Gasteiger partial charge >= 0.3 is 29.6 Å². The van der Waals surface area contributed by atoms with Crippen LogP contribution in [0.5, 0.6) is 0 Å². The van der Waals surface area contributed by atoms with E-state index in [0.717, 1.165) is 11.7 Å². The molecule has 0 spiro atoms. The Morgan fingerprint density at radius 3 is 2.38 bits per heavy atom. The average molecular weight is 315 g/mol. The van der Waals surface area contributed by atoms with Crippen LogP contribution in [0.3, 0.4) is 0 Å². The van der Waals surface area contributed by atoms with Gasteiger partial charge in [0.05, 0.1) is 16.7 Å². The van der Waals surface area contributed by atoms with E-state index >= 15 is 0 Å². The standard InChI is InChI=1S/C12H9N3O4S.Na.H/c16-8-2-1-3-9(17)10(8)6-4-5-7(15(18)19)12-11(6)13-20-14-12;;/h4-5,10H,1-3H2;;. The number of ketones is 2. The van der Waals surface area contributed by atoms with Crippen molar-refractivity contribution in [2.75, 3.05) is 0 Å². The molecule has 1 fully saturated rings. The number of hydrogen-bond acceptors (Lipinski definition) is 7. The summed E-state index contributed by atoms with van der Waals surface area (Å²) in [4.78, 5) is 34.4. The number of nitrogens with zero attached hydrogens (tertiary/aromatic N) is 3. The molecule has 1 aromatic carbocycles. The molecule has 7 nitrogen and oxygen atoms in total. The normalized spacial score (nSPS) is 16.0. The molecule has 0 amide bonds. The van der Waals surface area contributed by atoms with Gasteiger partial charge in [0.25, 0.3) is 5.69 Å². The molecule has 1 aromatic heterocycles. The van der Waals surface area contributed by atoms with Crippen LogP contribution in [-0.4, -0.2) is 54.8 Å². The Morgan fingerprint density at radius 2 is 1.76 bits per heavy atom. The van der Waals surface area contributed by atoms with Crippen LogP contribution in [0.1, 0.15) is 30.7 Å². The van der Waals surface area contributed by atoms with Crippen LogP contribution in [0.4, 0.5) is 5.69 Å². The maximum absolute atomic E-state index is 12.0. The van der Waals surface area contributed by atoms with Crippen LogP contribution < -0.4 is 0 Å². The monoisotopic (exact) mass is 315 g/mol. The van der Waals surface area contributed by atoms with E-state index in [1.165, 1.54) is 12.1 Å². The molecule has 2 aromatic rings. The van der Waals surface area contributed by atoms with Crippen LogP contribution in [0.25, 0.3) is 11.0 Å². The van der Waals surface area contributed by atoms with Crippen molar-refractivity contribution >= 4 is 69.6 Å². The van der Waals surface area contributed by atoms with Gasteiger partial charge in [-0.1, -0.05) is 0 Å². The van der Waals surface area contributed by atoms with E-state index < -0.39 is 10.8 Å². The summed E-state index contributed by atoms with van der Waals surface area (Å²) in [6.45, 7) is 0. The number of carbonyl (C=O) groups excluding carboxylic acids is 2. The predicted molar refractivity (Wildman–Crippen MR) is 77.8 cm³/mol. The number of nitro groups is 1. The molecule has 1 heterocycles. The zero-order valence-electron chi connectivity index (χ0n) is 10.2. The molecule has 0 atom stereocenters. The van der Waals surface area contributed by atoms with Gasteiger partial charge in [-0.05, 0) is 18.1 Å². The number of fused-ring (bicyclic) bond motifs is 1. The first kappa shape index (κ1) is 16.2. The minimum absolute atomic E-state index is 0. The Balaban J connectivity index is 0.00000161. The number of aromatic nitrogens is 2. The predicted octanol–water partition coefficient (Wildman–Crippen LogP) is 1.36. The number of nitro benzene ring substituents is 1. The fraction of sp³-hybridized carbons (Fsp3) is 0.333. The molecular weight excluding hydrogens is 305 g/mol. The molecule has 3 rings (SSSR count). The summed E-state index contributed by atoms with van der Waals surface area (Å²) in [6, 6.07) is 2.74. The first-order valence-electron chi connectivity index (χ1n) is 6.04. The number of Topliss-reactive ketones (excluding diaryl/α,β-unsaturated/α-hetero) is 2. The van der Waals surface area contributed by atoms with Crippen LogP contribution in [0, 0.1) is 10.1 Å². The quantitative estimate of drug-likeness (QED) is 0.359. The van der Waals surface area contributed by atoms with Crippen molar-refractivity contribution < 1.29 is 14.5 Å². The molecule has 9 heteroatoms. The molecule has 0 unspecified atom stereocenters. The molecule has 1 aliphatic rings. The zero-order chi connectivity index (χ0) is 14.3. The molecule has 1 saturated carbocycles. The SMILES string of the molecule is O=C1CCCC(=O)C1c1ccc([N+](=O)[O-])c2nsnc12.[NaH]. The second kappa shape index (κ2) is 6.27.